The fraction of sp³-hybridized carbons (Fsp3) is 1.00. The highest BCUT2D eigenvalue weighted by atomic mass is 16.5. The summed E-state index contributed by atoms with van der Waals surface area (Å²) in [5.41, 5.74) is 0.541. The molecule has 0 aromatic carbocycles. The molecule has 2 N–H and O–H groups in total. The summed E-state index contributed by atoms with van der Waals surface area (Å²) in [5.74, 6) is 0.741. The van der Waals surface area contributed by atoms with Crippen LogP contribution in [0.25, 0.3) is 0 Å². The zero-order chi connectivity index (χ0) is 13.5. The number of ether oxygens (including phenoxy) is 1. The first-order valence-corrected chi connectivity index (χ1v) is 8.17. The molecular formula is C16H29NO2. The summed E-state index contributed by atoms with van der Waals surface area (Å²) < 4.78 is 5.96. The summed E-state index contributed by atoms with van der Waals surface area (Å²) in [7, 11) is 0. The molecule has 3 nitrogen and oxygen atoms in total. The van der Waals surface area contributed by atoms with E-state index in [2.05, 4.69) is 19.2 Å². The van der Waals surface area contributed by atoms with Crippen LogP contribution in [0.1, 0.15) is 52.4 Å². The van der Waals surface area contributed by atoms with E-state index in [1.54, 1.807) is 0 Å². The average molecular weight is 267 g/mol. The van der Waals surface area contributed by atoms with Crippen molar-refractivity contribution in [2.75, 3.05) is 19.8 Å². The van der Waals surface area contributed by atoms with E-state index >= 15 is 0 Å². The van der Waals surface area contributed by atoms with Crippen LogP contribution in [-0.4, -0.2) is 37.0 Å². The molecule has 0 bridgehead atoms. The molecule has 1 aliphatic heterocycles. The van der Waals surface area contributed by atoms with Crippen molar-refractivity contribution in [1.82, 2.24) is 5.32 Å². The Morgan fingerprint density at radius 3 is 2.58 bits per heavy atom. The number of nitrogens with one attached hydrogen (secondary N) is 1. The van der Waals surface area contributed by atoms with E-state index in [0.717, 1.165) is 31.9 Å². The minimum atomic E-state index is 0.0789. The summed E-state index contributed by atoms with van der Waals surface area (Å²) in [6.45, 7) is 6.62. The van der Waals surface area contributed by atoms with Crippen molar-refractivity contribution in [2.45, 2.75) is 64.5 Å². The molecule has 2 saturated carbocycles. The van der Waals surface area contributed by atoms with Gasteiger partial charge < -0.3 is 15.2 Å². The first kappa shape index (κ1) is 13.8. The zero-order valence-electron chi connectivity index (χ0n) is 12.5. The minimum absolute atomic E-state index is 0.0789. The average Bonchev–Trinajstić information content (AvgIpc) is 2.79. The van der Waals surface area contributed by atoms with Crippen molar-refractivity contribution in [3.8, 4) is 0 Å². The lowest BCUT2D eigenvalue weighted by Gasteiger charge is -2.64. The fourth-order valence-electron chi connectivity index (χ4n) is 4.67. The second-order valence-corrected chi connectivity index (χ2v) is 7.05. The van der Waals surface area contributed by atoms with Gasteiger partial charge in [-0.15, -0.1) is 0 Å². The summed E-state index contributed by atoms with van der Waals surface area (Å²) in [6, 6.07) is 0.651. The maximum Gasteiger partial charge on any atom is 0.0690 e. The van der Waals surface area contributed by atoms with Gasteiger partial charge >= 0.3 is 0 Å². The van der Waals surface area contributed by atoms with Gasteiger partial charge in [-0.25, -0.2) is 0 Å². The number of hydrogen-bond donors (Lipinski definition) is 2. The van der Waals surface area contributed by atoms with Crippen LogP contribution < -0.4 is 5.32 Å². The SMILES string of the molecule is CCC(CC)(CO)CNC1C2CCOC2C12CCC2. The summed E-state index contributed by atoms with van der Waals surface area (Å²) in [5, 5.41) is 13.5. The molecule has 0 radical (unpaired) electrons. The Bertz CT molecular complexity index is 314. The molecule has 0 aromatic rings. The molecule has 1 spiro atoms. The number of aliphatic hydroxyl groups excluding tert-OH is 1. The molecule has 19 heavy (non-hydrogen) atoms. The maximum absolute atomic E-state index is 9.70. The van der Waals surface area contributed by atoms with Crippen LogP contribution in [0, 0.1) is 16.7 Å². The molecule has 3 atom stereocenters. The van der Waals surface area contributed by atoms with Gasteiger partial charge in [-0.1, -0.05) is 20.3 Å². The highest BCUT2D eigenvalue weighted by Gasteiger charge is 2.66. The van der Waals surface area contributed by atoms with Crippen molar-refractivity contribution >= 4 is 0 Å². The minimum Gasteiger partial charge on any atom is -0.396 e. The Morgan fingerprint density at radius 2 is 2.05 bits per heavy atom. The molecule has 1 heterocycles. The summed E-state index contributed by atoms with van der Waals surface area (Å²) in [4.78, 5) is 0. The third kappa shape index (κ3) is 1.89. The van der Waals surface area contributed by atoms with E-state index in [4.69, 9.17) is 4.74 Å². The van der Waals surface area contributed by atoms with Crippen LogP contribution in [0.5, 0.6) is 0 Å². The van der Waals surface area contributed by atoms with Gasteiger partial charge in [0.05, 0.1) is 6.10 Å². The molecular weight excluding hydrogens is 238 g/mol. The lowest BCUT2D eigenvalue weighted by Crippen LogP contribution is -2.71. The van der Waals surface area contributed by atoms with Crippen LogP contribution in [-0.2, 0) is 4.74 Å². The second-order valence-electron chi connectivity index (χ2n) is 7.05. The van der Waals surface area contributed by atoms with Gasteiger partial charge in [-0.05, 0) is 32.1 Å². The van der Waals surface area contributed by atoms with Crippen LogP contribution in [0.4, 0.5) is 0 Å². The Balaban J connectivity index is 1.63. The Morgan fingerprint density at radius 1 is 1.32 bits per heavy atom. The van der Waals surface area contributed by atoms with E-state index < -0.39 is 0 Å². The lowest BCUT2D eigenvalue weighted by atomic mass is 9.46. The normalized spacial score (nSPS) is 35.8. The van der Waals surface area contributed by atoms with Gasteiger partial charge in [0, 0.05) is 42.5 Å². The number of fused-ring (bicyclic) bond motifs is 2. The van der Waals surface area contributed by atoms with Crippen molar-refractivity contribution in [3.63, 3.8) is 0 Å². The standard InChI is InChI=1S/C16H29NO2/c1-3-15(4-2,11-18)10-17-13-12-6-9-19-14(12)16(13)7-5-8-16/h12-14,17-18H,3-11H2,1-2H3. The second kappa shape index (κ2) is 5.01. The molecule has 3 fully saturated rings. The van der Waals surface area contributed by atoms with Crippen LogP contribution in [0.15, 0.2) is 0 Å². The topological polar surface area (TPSA) is 41.5 Å². The molecule has 110 valence electrons. The van der Waals surface area contributed by atoms with Crippen LogP contribution >= 0.6 is 0 Å². The van der Waals surface area contributed by atoms with Gasteiger partial charge in [0.1, 0.15) is 0 Å². The van der Waals surface area contributed by atoms with E-state index in [0.29, 0.717) is 24.2 Å². The van der Waals surface area contributed by atoms with Crippen LogP contribution in [0.2, 0.25) is 0 Å². The fourth-order valence-corrected chi connectivity index (χ4v) is 4.67. The number of aliphatic hydroxyl groups is 1. The largest absolute Gasteiger partial charge is 0.396 e. The Kier molecular flexibility index (Phi) is 3.65. The molecule has 2 aliphatic carbocycles. The third-order valence-electron chi connectivity index (χ3n) is 6.57. The molecule has 1 saturated heterocycles. The lowest BCUT2D eigenvalue weighted by molar-refractivity contribution is -0.177. The van der Waals surface area contributed by atoms with Crippen LogP contribution in [0.3, 0.4) is 0 Å². The first-order chi connectivity index (χ1) is 9.21. The van der Waals surface area contributed by atoms with E-state index in [1.807, 2.05) is 0 Å². The zero-order valence-corrected chi connectivity index (χ0v) is 12.5. The van der Waals surface area contributed by atoms with E-state index in [9.17, 15) is 5.11 Å². The van der Waals surface area contributed by atoms with E-state index in [-0.39, 0.29) is 5.41 Å². The molecule has 3 rings (SSSR count). The van der Waals surface area contributed by atoms with Gasteiger partial charge in [-0.3, -0.25) is 0 Å². The van der Waals surface area contributed by atoms with Crippen molar-refractivity contribution < 1.29 is 9.84 Å². The summed E-state index contributed by atoms with van der Waals surface area (Å²) in [6.07, 6.45) is 7.94. The van der Waals surface area contributed by atoms with Gasteiger partial charge in [0.15, 0.2) is 0 Å². The van der Waals surface area contributed by atoms with E-state index in [1.165, 1.54) is 25.7 Å². The highest BCUT2D eigenvalue weighted by Crippen LogP contribution is 2.62. The molecule has 0 aromatic heterocycles. The monoisotopic (exact) mass is 267 g/mol. The third-order valence-corrected chi connectivity index (χ3v) is 6.57. The molecule has 3 aliphatic rings. The Labute approximate surface area is 117 Å². The summed E-state index contributed by atoms with van der Waals surface area (Å²) >= 11 is 0. The van der Waals surface area contributed by atoms with Gasteiger partial charge in [-0.2, -0.15) is 0 Å². The van der Waals surface area contributed by atoms with Crippen molar-refractivity contribution in [3.05, 3.63) is 0 Å². The predicted molar refractivity (Wildman–Crippen MR) is 76.0 cm³/mol. The predicted octanol–water partition coefficient (Wildman–Crippen LogP) is 2.33. The smallest absolute Gasteiger partial charge is 0.0690 e. The number of hydrogen-bond acceptors (Lipinski definition) is 3. The molecule has 3 unspecified atom stereocenters. The van der Waals surface area contributed by atoms with Crippen molar-refractivity contribution in [2.24, 2.45) is 16.7 Å². The Hall–Kier alpha value is -0.120. The van der Waals surface area contributed by atoms with Gasteiger partial charge in [0.2, 0.25) is 0 Å². The number of rotatable bonds is 6. The maximum atomic E-state index is 9.70. The van der Waals surface area contributed by atoms with Gasteiger partial charge in [0.25, 0.3) is 0 Å². The molecule has 0 amide bonds. The molecule has 3 heteroatoms. The first-order valence-electron chi connectivity index (χ1n) is 8.17. The van der Waals surface area contributed by atoms with Crippen molar-refractivity contribution in [1.29, 1.82) is 0 Å². The highest BCUT2D eigenvalue weighted by molar-refractivity contribution is 5.18. The quantitative estimate of drug-likeness (QED) is 0.776.